The van der Waals surface area contributed by atoms with Gasteiger partial charge in [-0.1, -0.05) is 96.7 Å². The van der Waals surface area contributed by atoms with Crippen LogP contribution in [0, 0.1) is 0 Å². The summed E-state index contributed by atoms with van der Waals surface area (Å²) >= 11 is 11.6. The number of nitrogens with zero attached hydrogens (tertiary/aromatic N) is 8. The van der Waals surface area contributed by atoms with Gasteiger partial charge in [-0.15, -0.1) is 0 Å². The summed E-state index contributed by atoms with van der Waals surface area (Å²) in [7, 11) is 0. The minimum Gasteiger partial charge on any atom is -0.365 e. The van der Waals surface area contributed by atoms with Crippen molar-refractivity contribution in [3.63, 3.8) is 0 Å². The molecule has 0 aliphatic carbocycles. The number of aliphatic imine (C=N–C) groups is 6. The van der Waals surface area contributed by atoms with Crippen LogP contribution in [0.1, 0.15) is 96.4 Å². The zero-order chi connectivity index (χ0) is 47.8. The van der Waals surface area contributed by atoms with Gasteiger partial charge in [-0.3, -0.25) is 35.1 Å². The van der Waals surface area contributed by atoms with E-state index < -0.39 is 0 Å². The van der Waals surface area contributed by atoms with Gasteiger partial charge in [-0.2, -0.15) is 5.10 Å². The molecular weight excluding hydrogens is 927 g/mol. The Balaban J connectivity index is -0.000000208. The van der Waals surface area contributed by atoms with Crippen molar-refractivity contribution in [2.45, 2.75) is 120 Å². The molecule has 0 atom stereocenters. The van der Waals surface area contributed by atoms with Gasteiger partial charge < -0.3 is 31.9 Å². The summed E-state index contributed by atoms with van der Waals surface area (Å²) in [4.78, 5) is 29.3. The van der Waals surface area contributed by atoms with Crippen molar-refractivity contribution in [2.75, 3.05) is 103 Å². The van der Waals surface area contributed by atoms with Crippen LogP contribution >= 0.6 is 82.3 Å². The third kappa shape index (κ3) is 52.9. The number of H-pyrrole nitrogens is 1. The molecule has 3 rings (SSSR count). The maximum Gasteiger partial charge on any atom is 0.183 e. The van der Waals surface area contributed by atoms with E-state index in [2.05, 4.69) is 139 Å². The van der Waals surface area contributed by atoms with Crippen LogP contribution in [-0.4, -0.2) is 167 Å². The number of hydrogen-bond donors (Lipinski definition) is 7. The summed E-state index contributed by atoms with van der Waals surface area (Å²) in [6, 6.07) is 1.33. The van der Waals surface area contributed by atoms with Crippen LogP contribution in [0.3, 0.4) is 0 Å². The van der Waals surface area contributed by atoms with E-state index in [1.54, 1.807) is 82.3 Å². The van der Waals surface area contributed by atoms with Gasteiger partial charge in [0.25, 0.3) is 0 Å². The van der Waals surface area contributed by atoms with E-state index >= 15 is 0 Å². The van der Waals surface area contributed by atoms with Crippen molar-refractivity contribution in [3.8, 4) is 0 Å². The molecule has 0 fully saturated rings. The summed E-state index contributed by atoms with van der Waals surface area (Å²) in [6.07, 6.45) is 17.9. The average molecular weight is 1020 g/mol. The van der Waals surface area contributed by atoms with Crippen molar-refractivity contribution in [1.29, 1.82) is 0 Å². The number of nitrogens with one attached hydrogen (secondary N) is 7. The van der Waals surface area contributed by atoms with E-state index in [0.717, 1.165) is 101 Å². The van der Waals surface area contributed by atoms with Crippen LogP contribution in [0.15, 0.2) is 41.4 Å². The lowest BCUT2D eigenvalue weighted by Gasteiger charge is -2.11. The lowest BCUT2D eigenvalue weighted by Crippen LogP contribution is -2.28. The zero-order valence-electron chi connectivity index (χ0n) is 41.5. The summed E-state index contributed by atoms with van der Waals surface area (Å²) in [5.41, 5.74) is 0. The fourth-order valence-electron chi connectivity index (χ4n) is 3.69. The van der Waals surface area contributed by atoms with Crippen LogP contribution in [-0.2, 0) is 0 Å². The Bertz CT molecular complexity index is 1290. The molecule has 3 heterocycles. The van der Waals surface area contributed by atoms with Crippen molar-refractivity contribution >= 4 is 113 Å². The number of hydrogen-bond acceptors (Lipinski definition) is 17. The Labute approximate surface area is 416 Å². The van der Waals surface area contributed by atoms with Crippen molar-refractivity contribution in [1.82, 2.24) is 47.1 Å². The zero-order valence-corrected chi connectivity index (χ0v) is 47.2. The molecule has 1 aromatic rings. The highest BCUT2D eigenvalue weighted by molar-refractivity contribution is 8.14. The molecule has 1 aromatic heterocycles. The number of rotatable bonds is 10. The third-order valence-corrected chi connectivity index (χ3v) is 10.7. The van der Waals surface area contributed by atoms with Crippen molar-refractivity contribution in [2.24, 2.45) is 30.0 Å². The fraction of sp³-hybridized carbons (Fsp3) is 0.805. The molecule has 2 aliphatic heterocycles. The van der Waals surface area contributed by atoms with Gasteiger partial charge in [0.15, 0.2) is 36.2 Å². The van der Waals surface area contributed by atoms with Gasteiger partial charge in [0.05, 0.1) is 6.54 Å². The Morgan fingerprint density at radius 2 is 1.11 bits per heavy atom. The first-order valence-electron chi connectivity index (χ1n) is 21.2. The highest BCUT2D eigenvalue weighted by atomic mass is 32.2. The van der Waals surface area contributed by atoms with E-state index in [0.29, 0.717) is 18.1 Å². The van der Waals surface area contributed by atoms with Gasteiger partial charge in [0.2, 0.25) is 0 Å². The van der Waals surface area contributed by atoms with Gasteiger partial charge in [0.1, 0.15) is 6.33 Å². The Hall–Kier alpha value is -1.59. The predicted octanol–water partition coefficient (Wildman–Crippen LogP) is 9.06. The smallest absolute Gasteiger partial charge is 0.183 e. The lowest BCUT2D eigenvalue weighted by molar-refractivity contribution is 0.728. The van der Waals surface area contributed by atoms with Gasteiger partial charge in [0, 0.05) is 70.5 Å². The SMILES string of the molecule is C.CCCN=C(NCC)SC.CCN=C(NC(C)C)SC.CCN=C(NCC)SC.CSC(=NC(C)C)NC(C)C.CSC1=NCCCN1.CSC1=NCCN1.CSc1ncn[nH]1. The molecule has 0 aromatic carbocycles. The molecule has 7 N–H and O–H groups in total. The molecule has 22 heteroatoms. The first-order valence-corrected chi connectivity index (χ1v) is 29.7. The first-order chi connectivity index (χ1) is 29.7. The fourth-order valence-corrected chi connectivity index (χ4v) is 7.26. The number of amidine groups is 6. The standard InChI is InChI=1S/C8H18N2S.2C7H16N2S.C6H14N2S.C5H10N2S.C4H8N2S.C3H5N3S.CH4/c1-6(2)9-8(11-5)10-7(3)4;1-5-8-7(10-4)9-6(2)3;1-4-6-9-7(10-3)8-5-2;1-4-7-6(9-3)8-5-2;1-8-5-6-3-2-4-7-5;1-7-4-5-2-3-6-4;1-7-3-4-2-5-6-3;/h6-7H,1-5H3,(H,9,10);6H,5H2,1-4H3,(H,8,9);4-6H2,1-3H3,(H,8,9);4-5H2,1-3H3,(H,7,8);2-4H2,1H3,(H,6,7);2-3H2,1H3,(H,5,6);2H,1H3,(H,4,5,6);1H4. The molecule has 0 saturated carbocycles. The molecule has 2 aliphatic rings. The Morgan fingerprint density at radius 1 is 0.635 bits per heavy atom. The molecule has 0 bridgehead atoms. The Kier molecular flexibility index (Phi) is 61.2. The van der Waals surface area contributed by atoms with Crippen molar-refractivity contribution < 1.29 is 0 Å². The molecule has 0 spiro atoms. The van der Waals surface area contributed by atoms with Crippen LogP contribution < -0.4 is 31.9 Å². The largest absolute Gasteiger partial charge is 0.365 e. The monoisotopic (exact) mass is 1020 g/mol. The molecule has 0 unspecified atom stereocenters. The number of aromatic nitrogens is 3. The summed E-state index contributed by atoms with van der Waals surface area (Å²) in [5, 5.41) is 32.7. The van der Waals surface area contributed by atoms with E-state index in [-0.39, 0.29) is 7.43 Å². The highest BCUT2D eigenvalue weighted by Gasteiger charge is 2.01. The van der Waals surface area contributed by atoms with Crippen LogP contribution in [0.4, 0.5) is 0 Å². The summed E-state index contributed by atoms with van der Waals surface area (Å²) in [5.74, 6) is 0. The molecular formula is C41H91N15S7. The quantitative estimate of drug-likeness (QED) is 0.0668. The molecule has 0 saturated heterocycles. The number of thioether (sulfide) groups is 7. The molecule has 372 valence electrons. The summed E-state index contributed by atoms with van der Waals surface area (Å²) in [6.45, 7) is 31.6. The first kappa shape index (κ1) is 70.4. The molecule has 0 radical (unpaired) electrons. The van der Waals surface area contributed by atoms with Gasteiger partial charge in [-0.25, -0.2) is 4.98 Å². The third-order valence-electron chi connectivity index (χ3n) is 6.19. The number of aromatic amines is 1. The van der Waals surface area contributed by atoms with E-state index in [4.69, 9.17) is 0 Å². The van der Waals surface area contributed by atoms with Crippen LogP contribution in [0.5, 0.6) is 0 Å². The van der Waals surface area contributed by atoms with Gasteiger partial charge >= 0.3 is 0 Å². The second kappa shape index (κ2) is 54.7. The topological polar surface area (TPSA) is 188 Å². The minimum atomic E-state index is 0. The average Bonchev–Trinajstić information content (AvgIpc) is 4.01. The van der Waals surface area contributed by atoms with Gasteiger partial charge in [-0.05, 0) is 126 Å². The van der Waals surface area contributed by atoms with Crippen LogP contribution in [0.25, 0.3) is 0 Å². The van der Waals surface area contributed by atoms with E-state index in [1.165, 1.54) is 12.7 Å². The summed E-state index contributed by atoms with van der Waals surface area (Å²) < 4.78 is 0. The molecule has 0 amide bonds. The van der Waals surface area contributed by atoms with E-state index in [9.17, 15) is 0 Å². The second-order valence-corrected chi connectivity index (χ2v) is 18.3. The predicted molar refractivity (Wildman–Crippen MR) is 306 cm³/mol. The second-order valence-electron chi connectivity index (χ2n) is 12.7. The maximum atomic E-state index is 4.40. The van der Waals surface area contributed by atoms with Crippen molar-refractivity contribution in [3.05, 3.63) is 6.33 Å². The maximum absolute atomic E-state index is 4.40. The molecule has 63 heavy (non-hydrogen) atoms. The Morgan fingerprint density at radius 3 is 1.41 bits per heavy atom. The normalized spacial score (nSPS) is 13.3. The van der Waals surface area contributed by atoms with E-state index in [1.807, 2.05) is 57.6 Å². The van der Waals surface area contributed by atoms with Crippen LogP contribution in [0.2, 0.25) is 0 Å². The minimum absolute atomic E-state index is 0. The molecule has 15 nitrogen and oxygen atoms in total. The lowest BCUT2D eigenvalue weighted by atomic mass is 10.4. The highest BCUT2D eigenvalue weighted by Crippen LogP contribution is 2.03.